The van der Waals surface area contributed by atoms with Crippen molar-refractivity contribution in [1.29, 1.82) is 0 Å². The van der Waals surface area contributed by atoms with Gasteiger partial charge in [0.15, 0.2) is 4.34 Å². The molecule has 1 aromatic heterocycles. The van der Waals surface area contributed by atoms with E-state index < -0.39 is 0 Å². The maximum absolute atomic E-state index is 11.4. The summed E-state index contributed by atoms with van der Waals surface area (Å²) < 4.78 is 9.78. The van der Waals surface area contributed by atoms with Crippen LogP contribution >= 0.6 is 23.3 Å². The molecule has 0 aliphatic carbocycles. The number of ether oxygens (including phenoxy) is 1. The maximum atomic E-state index is 11.4. The molecule has 1 N–H and O–H groups in total. The molecule has 0 aliphatic heterocycles. The largest absolute Gasteiger partial charge is 0.465 e. The first kappa shape index (κ1) is 13.4. The fourth-order valence-corrected chi connectivity index (χ4v) is 2.63. The number of carbonyl (C=O) groups excluding carboxylic acids is 1. The molecule has 90 valence electrons. The Morgan fingerprint density at radius 2 is 2.56 bits per heavy atom. The third-order valence-electron chi connectivity index (χ3n) is 1.89. The van der Waals surface area contributed by atoms with Crippen molar-refractivity contribution in [2.75, 3.05) is 19.4 Å². The average Bonchev–Trinajstić information content (AvgIpc) is 2.77. The Balaban J connectivity index is 2.26. The number of rotatable bonds is 7. The van der Waals surface area contributed by atoms with Crippen LogP contribution in [-0.2, 0) is 9.53 Å². The van der Waals surface area contributed by atoms with Crippen LogP contribution < -0.4 is 5.32 Å². The molecule has 0 saturated carbocycles. The maximum Gasteiger partial charge on any atom is 0.323 e. The van der Waals surface area contributed by atoms with Crippen LogP contribution in [0, 0.1) is 0 Å². The Morgan fingerprint density at radius 1 is 1.75 bits per heavy atom. The molecular weight excluding hydrogens is 246 g/mol. The van der Waals surface area contributed by atoms with Crippen molar-refractivity contribution in [2.45, 2.75) is 23.7 Å². The number of aromatic nitrogens is 2. The fraction of sp³-hybridized carbons (Fsp3) is 0.667. The SMILES string of the molecule is CCOC(=O)C(CCSc1ncns1)NC. The predicted molar refractivity (Wildman–Crippen MR) is 64.7 cm³/mol. The standard InChI is InChI=1S/C9H15N3O2S2/c1-3-14-8(13)7(10-2)4-5-15-9-11-6-12-16-9/h6-7,10H,3-5H2,1-2H3. The second-order valence-electron chi connectivity index (χ2n) is 2.94. The number of likely N-dealkylation sites (N-methyl/N-ethyl adjacent to an activating group) is 1. The van der Waals surface area contributed by atoms with Crippen LogP contribution in [0.25, 0.3) is 0 Å². The zero-order chi connectivity index (χ0) is 11.8. The van der Waals surface area contributed by atoms with E-state index in [0.717, 1.165) is 16.5 Å². The van der Waals surface area contributed by atoms with E-state index in [9.17, 15) is 4.79 Å². The smallest absolute Gasteiger partial charge is 0.323 e. The number of nitrogens with zero attached hydrogens (tertiary/aromatic N) is 2. The Labute approximate surface area is 103 Å². The first-order valence-corrected chi connectivity index (χ1v) is 6.77. The van der Waals surface area contributed by atoms with Gasteiger partial charge < -0.3 is 10.1 Å². The van der Waals surface area contributed by atoms with Crippen molar-refractivity contribution in [1.82, 2.24) is 14.7 Å². The normalized spacial score (nSPS) is 12.4. The minimum absolute atomic E-state index is 0.192. The first-order valence-electron chi connectivity index (χ1n) is 5.01. The van der Waals surface area contributed by atoms with E-state index >= 15 is 0 Å². The minimum atomic E-state index is -0.236. The van der Waals surface area contributed by atoms with E-state index in [0.29, 0.717) is 6.61 Å². The number of thioether (sulfide) groups is 1. The number of carbonyl (C=O) groups is 1. The summed E-state index contributed by atoms with van der Waals surface area (Å²) in [5.74, 6) is 0.627. The van der Waals surface area contributed by atoms with Crippen LogP contribution in [0.15, 0.2) is 10.7 Å². The summed E-state index contributed by atoms with van der Waals surface area (Å²) in [5, 5.41) is 2.95. The molecule has 0 aromatic carbocycles. The second kappa shape index (κ2) is 7.59. The molecule has 7 heteroatoms. The molecule has 1 atom stereocenters. The zero-order valence-corrected chi connectivity index (χ0v) is 10.9. The summed E-state index contributed by atoms with van der Waals surface area (Å²) in [5.41, 5.74) is 0. The summed E-state index contributed by atoms with van der Waals surface area (Å²) in [6, 6.07) is -0.236. The third-order valence-corrected chi connectivity index (χ3v) is 3.72. The highest BCUT2D eigenvalue weighted by atomic mass is 32.2. The van der Waals surface area contributed by atoms with Crippen LogP contribution in [-0.4, -0.2) is 40.8 Å². The van der Waals surface area contributed by atoms with Gasteiger partial charge in [-0.05, 0) is 31.9 Å². The van der Waals surface area contributed by atoms with Crippen LogP contribution in [0.3, 0.4) is 0 Å². The Kier molecular flexibility index (Phi) is 6.36. The number of nitrogens with one attached hydrogen (secondary N) is 1. The van der Waals surface area contributed by atoms with Crippen LogP contribution in [0.1, 0.15) is 13.3 Å². The molecule has 1 rings (SSSR count). The Bertz CT molecular complexity index is 306. The van der Waals surface area contributed by atoms with Gasteiger partial charge in [-0.2, -0.15) is 4.37 Å². The van der Waals surface area contributed by atoms with Gasteiger partial charge in [0, 0.05) is 5.75 Å². The van der Waals surface area contributed by atoms with Gasteiger partial charge in [0.1, 0.15) is 12.4 Å². The van der Waals surface area contributed by atoms with E-state index in [1.165, 1.54) is 17.9 Å². The van der Waals surface area contributed by atoms with Gasteiger partial charge in [-0.15, -0.1) is 0 Å². The molecule has 0 aliphatic rings. The quantitative estimate of drug-likeness (QED) is 0.587. The highest BCUT2D eigenvalue weighted by molar-refractivity contribution is 8.00. The topological polar surface area (TPSA) is 64.1 Å². The summed E-state index contributed by atoms with van der Waals surface area (Å²) in [7, 11) is 1.76. The molecule has 0 fully saturated rings. The minimum Gasteiger partial charge on any atom is -0.465 e. The van der Waals surface area contributed by atoms with E-state index in [1.807, 2.05) is 0 Å². The molecule has 16 heavy (non-hydrogen) atoms. The molecule has 1 aromatic rings. The molecule has 0 bridgehead atoms. The number of hydrogen-bond donors (Lipinski definition) is 1. The van der Waals surface area contributed by atoms with E-state index in [-0.39, 0.29) is 12.0 Å². The van der Waals surface area contributed by atoms with Gasteiger partial charge in [-0.25, -0.2) is 4.98 Å². The number of hydrogen-bond acceptors (Lipinski definition) is 7. The van der Waals surface area contributed by atoms with Crippen molar-refractivity contribution < 1.29 is 9.53 Å². The lowest BCUT2D eigenvalue weighted by atomic mass is 10.2. The Hall–Kier alpha value is -0.660. The molecule has 1 heterocycles. The molecule has 0 radical (unpaired) electrons. The van der Waals surface area contributed by atoms with Gasteiger partial charge in [0.2, 0.25) is 0 Å². The summed E-state index contributed by atoms with van der Waals surface area (Å²) in [4.78, 5) is 15.5. The van der Waals surface area contributed by atoms with Gasteiger partial charge in [0.05, 0.1) is 6.61 Å². The average molecular weight is 261 g/mol. The molecule has 0 spiro atoms. The summed E-state index contributed by atoms with van der Waals surface area (Å²) in [6.07, 6.45) is 2.26. The van der Waals surface area contributed by atoms with Gasteiger partial charge in [-0.1, -0.05) is 11.8 Å². The van der Waals surface area contributed by atoms with E-state index in [2.05, 4.69) is 14.7 Å². The summed E-state index contributed by atoms with van der Waals surface area (Å²) in [6.45, 7) is 2.22. The van der Waals surface area contributed by atoms with E-state index in [4.69, 9.17) is 4.74 Å². The van der Waals surface area contributed by atoms with Crippen LogP contribution in [0.2, 0.25) is 0 Å². The van der Waals surface area contributed by atoms with Crippen LogP contribution in [0.4, 0.5) is 0 Å². The van der Waals surface area contributed by atoms with Crippen molar-refractivity contribution in [3.05, 3.63) is 6.33 Å². The zero-order valence-electron chi connectivity index (χ0n) is 9.30. The molecule has 0 amide bonds. The fourth-order valence-electron chi connectivity index (χ4n) is 1.11. The third kappa shape index (κ3) is 4.46. The monoisotopic (exact) mass is 261 g/mol. The van der Waals surface area contributed by atoms with Gasteiger partial charge in [0.25, 0.3) is 0 Å². The van der Waals surface area contributed by atoms with Crippen molar-refractivity contribution >= 4 is 29.3 Å². The van der Waals surface area contributed by atoms with Crippen LogP contribution in [0.5, 0.6) is 0 Å². The van der Waals surface area contributed by atoms with Crippen molar-refractivity contribution in [3.8, 4) is 0 Å². The van der Waals surface area contributed by atoms with Gasteiger partial charge >= 0.3 is 5.97 Å². The van der Waals surface area contributed by atoms with E-state index in [1.54, 1.807) is 25.7 Å². The molecule has 0 saturated heterocycles. The lowest BCUT2D eigenvalue weighted by Crippen LogP contribution is -2.36. The summed E-state index contributed by atoms with van der Waals surface area (Å²) >= 11 is 2.97. The lowest BCUT2D eigenvalue weighted by molar-refractivity contribution is -0.145. The first-order chi connectivity index (χ1) is 7.77. The van der Waals surface area contributed by atoms with Crippen molar-refractivity contribution in [3.63, 3.8) is 0 Å². The Morgan fingerprint density at radius 3 is 3.12 bits per heavy atom. The highest BCUT2D eigenvalue weighted by Gasteiger charge is 2.17. The van der Waals surface area contributed by atoms with Crippen molar-refractivity contribution in [2.24, 2.45) is 0 Å². The molecule has 1 unspecified atom stereocenters. The molecular formula is C9H15N3O2S2. The van der Waals surface area contributed by atoms with Gasteiger partial charge in [-0.3, -0.25) is 4.79 Å². The highest BCUT2D eigenvalue weighted by Crippen LogP contribution is 2.19. The predicted octanol–water partition coefficient (Wildman–Crippen LogP) is 1.17. The second-order valence-corrected chi connectivity index (χ2v) is 5.06. The number of esters is 1. The lowest BCUT2D eigenvalue weighted by Gasteiger charge is -2.13. The molecule has 5 nitrogen and oxygen atoms in total.